The first-order valence-corrected chi connectivity index (χ1v) is 21.1. The smallest absolute Gasteiger partial charge is 0.164 e. The summed E-state index contributed by atoms with van der Waals surface area (Å²) >= 11 is 3.65. The van der Waals surface area contributed by atoms with Gasteiger partial charge in [-0.2, -0.15) is 0 Å². The van der Waals surface area contributed by atoms with Crippen LogP contribution >= 0.6 is 22.7 Å². The lowest BCUT2D eigenvalue weighted by atomic mass is 9.91. The number of thiophene rings is 2. The molecular weight excluding hydrogens is 743 g/mol. The van der Waals surface area contributed by atoms with Gasteiger partial charge in [-0.1, -0.05) is 152 Å². The van der Waals surface area contributed by atoms with Crippen LogP contribution in [0.5, 0.6) is 0 Å². The SMILES string of the molecule is c1ccc(-c2nc(-c3ccc4c(c3)sc3ccccc34)nc(-c3ccccc3-c3cccc4sc5ccc(-c6cc7ccccc7c7ccccc67)cc5c34)n2)cc1. The molecule has 58 heavy (non-hydrogen) atoms. The Hall–Kier alpha value is -7.05. The fraction of sp³-hybridized carbons (Fsp3) is 0. The van der Waals surface area contributed by atoms with Crippen LogP contribution in [0.15, 0.2) is 188 Å². The maximum absolute atomic E-state index is 5.27. The van der Waals surface area contributed by atoms with Gasteiger partial charge in [0.2, 0.25) is 0 Å². The first kappa shape index (κ1) is 33.1. The third-order valence-electron chi connectivity index (χ3n) is 11.3. The normalized spacial score (nSPS) is 11.8. The highest BCUT2D eigenvalue weighted by atomic mass is 32.1. The molecule has 0 aliphatic rings. The van der Waals surface area contributed by atoms with E-state index in [-0.39, 0.29) is 0 Å². The maximum atomic E-state index is 5.27. The molecule has 12 rings (SSSR count). The van der Waals surface area contributed by atoms with Gasteiger partial charge in [-0.25, -0.2) is 15.0 Å². The first-order valence-electron chi connectivity index (χ1n) is 19.4. The molecule has 0 spiro atoms. The number of hydrogen-bond acceptors (Lipinski definition) is 5. The Balaban J connectivity index is 1.05. The Bertz CT molecular complexity index is 3580. The van der Waals surface area contributed by atoms with E-state index in [0.29, 0.717) is 17.5 Å². The van der Waals surface area contributed by atoms with Gasteiger partial charge < -0.3 is 0 Å². The molecule has 0 saturated carbocycles. The molecular formula is C53H31N3S2. The summed E-state index contributed by atoms with van der Waals surface area (Å²) in [6.07, 6.45) is 0. The summed E-state index contributed by atoms with van der Waals surface area (Å²) in [7, 11) is 0. The zero-order valence-corrected chi connectivity index (χ0v) is 32.7. The Morgan fingerprint density at radius 3 is 1.76 bits per heavy atom. The molecule has 0 saturated heterocycles. The maximum Gasteiger partial charge on any atom is 0.164 e. The number of fused-ring (bicyclic) bond motifs is 9. The molecule has 0 bridgehead atoms. The molecule has 0 aliphatic heterocycles. The summed E-state index contributed by atoms with van der Waals surface area (Å²) in [5, 5.41) is 10.1. The number of hydrogen-bond donors (Lipinski definition) is 0. The van der Waals surface area contributed by atoms with Crippen molar-refractivity contribution in [2.75, 3.05) is 0 Å². The van der Waals surface area contributed by atoms with Crippen LogP contribution in [-0.2, 0) is 0 Å². The van der Waals surface area contributed by atoms with Crippen LogP contribution in [0.3, 0.4) is 0 Å². The molecule has 0 amide bonds. The van der Waals surface area contributed by atoms with Crippen molar-refractivity contribution in [2.24, 2.45) is 0 Å². The van der Waals surface area contributed by atoms with Crippen molar-refractivity contribution in [2.45, 2.75) is 0 Å². The first-order chi connectivity index (χ1) is 28.7. The van der Waals surface area contributed by atoms with Crippen molar-refractivity contribution in [3.63, 3.8) is 0 Å². The van der Waals surface area contributed by atoms with Crippen LogP contribution in [0.25, 0.3) is 118 Å². The van der Waals surface area contributed by atoms with Gasteiger partial charge in [0.15, 0.2) is 17.5 Å². The average Bonchev–Trinajstić information content (AvgIpc) is 3.87. The molecule has 0 N–H and O–H groups in total. The second kappa shape index (κ2) is 13.3. The highest BCUT2D eigenvalue weighted by molar-refractivity contribution is 7.26. The van der Waals surface area contributed by atoms with Crippen LogP contribution in [0.4, 0.5) is 0 Å². The number of benzene rings is 9. The third kappa shape index (κ3) is 5.36. The monoisotopic (exact) mass is 773 g/mol. The lowest BCUT2D eigenvalue weighted by molar-refractivity contribution is 1.07. The van der Waals surface area contributed by atoms with Crippen molar-refractivity contribution in [3.8, 4) is 56.4 Å². The molecule has 9 aromatic carbocycles. The Labute approximate surface area is 342 Å². The van der Waals surface area contributed by atoms with Crippen LogP contribution in [0, 0.1) is 0 Å². The summed E-state index contributed by atoms with van der Waals surface area (Å²) in [5.74, 6) is 1.96. The molecule has 0 fully saturated rings. The molecule has 3 aromatic heterocycles. The van der Waals surface area contributed by atoms with E-state index in [4.69, 9.17) is 15.0 Å². The van der Waals surface area contributed by atoms with E-state index < -0.39 is 0 Å². The van der Waals surface area contributed by atoms with Crippen molar-refractivity contribution in [1.82, 2.24) is 15.0 Å². The summed E-state index contributed by atoms with van der Waals surface area (Å²) in [6, 6.07) is 67.5. The van der Waals surface area contributed by atoms with Crippen LogP contribution in [-0.4, -0.2) is 15.0 Å². The highest BCUT2D eigenvalue weighted by Gasteiger charge is 2.20. The van der Waals surface area contributed by atoms with E-state index in [2.05, 4.69) is 170 Å². The van der Waals surface area contributed by atoms with Gasteiger partial charge in [-0.05, 0) is 80.2 Å². The Kier molecular flexibility index (Phi) is 7.58. The van der Waals surface area contributed by atoms with E-state index in [1.54, 1.807) is 11.3 Å². The molecule has 3 heterocycles. The topological polar surface area (TPSA) is 38.7 Å². The Morgan fingerprint density at radius 2 is 0.879 bits per heavy atom. The van der Waals surface area contributed by atoms with Crippen LogP contribution in [0.2, 0.25) is 0 Å². The van der Waals surface area contributed by atoms with Gasteiger partial charge in [0.25, 0.3) is 0 Å². The Morgan fingerprint density at radius 1 is 0.276 bits per heavy atom. The quantitative estimate of drug-likeness (QED) is 0.164. The van der Waals surface area contributed by atoms with Crippen molar-refractivity contribution < 1.29 is 0 Å². The van der Waals surface area contributed by atoms with Gasteiger partial charge in [-0.3, -0.25) is 0 Å². The standard InChI is InChI=1S/C53H31N3S2/c1-2-13-32(14-3-1)51-54-52(35-25-27-41-40-20-10-11-23-46(40)58-49(41)31-35)56-53(55-51)43-21-9-8-19-39(43)42-22-12-24-48-50(42)45-30-34(26-28-47(45)57-48)44-29-33-15-4-5-16-36(33)37-17-6-7-18-38(37)44/h1-31H. The van der Waals surface area contributed by atoms with Crippen LogP contribution in [0.1, 0.15) is 0 Å². The fourth-order valence-corrected chi connectivity index (χ4v) is 10.9. The average molecular weight is 774 g/mol. The van der Waals surface area contributed by atoms with E-state index in [0.717, 1.165) is 27.8 Å². The molecule has 0 atom stereocenters. The zero-order valence-electron chi connectivity index (χ0n) is 31.1. The van der Waals surface area contributed by atoms with Gasteiger partial charge >= 0.3 is 0 Å². The molecule has 5 heteroatoms. The number of nitrogens with zero attached hydrogens (tertiary/aromatic N) is 3. The third-order valence-corrected chi connectivity index (χ3v) is 13.6. The molecule has 12 aromatic rings. The van der Waals surface area contributed by atoms with E-state index >= 15 is 0 Å². The highest BCUT2D eigenvalue weighted by Crippen LogP contribution is 2.45. The summed E-state index contributed by atoms with van der Waals surface area (Å²) in [6.45, 7) is 0. The fourth-order valence-electron chi connectivity index (χ4n) is 8.63. The minimum absolute atomic E-state index is 0.649. The predicted octanol–water partition coefficient (Wildman–Crippen LogP) is 15.2. The van der Waals surface area contributed by atoms with Gasteiger partial charge in [0.1, 0.15) is 0 Å². The summed E-state index contributed by atoms with van der Waals surface area (Å²) in [4.78, 5) is 15.6. The molecule has 0 radical (unpaired) electrons. The van der Waals surface area contributed by atoms with E-state index in [1.807, 2.05) is 29.5 Å². The second-order valence-electron chi connectivity index (χ2n) is 14.7. The van der Waals surface area contributed by atoms with Crippen molar-refractivity contribution in [1.29, 1.82) is 0 Å². The van der Waals surface area contributed by atoms with Crippen LogP contribution < -0.4 is 0 Å². The van der Waals surface area contributed by atoms with E-state index in [1.165, 1.54) is 73.0 Å². The molecule has 3 nitrogen and oxygen atoms in total. The van der Waals surface area contributed by atoms with Gasteiger partial charge in [0.05, 0.1) is 0 Å². The van der Waals surface area contributed by atoms with Gasteiger partial charge in [0, 0.05) is 57.0 Å². The zero-order chi connectivity index (χ0) is 38.2. The minimum atomic E-state index is 0.649. The lowest BCUT2D eigenvalue weighted by Gasteiger charge is -2.13. The number of aromatic nitrogens is 3. The molecule has 270 valence electrons. The second-order valence-corrected chi connectivity index (χ2v) is 16.9. The van der Waals surface area contributed by atoms with Gasteiger partial charge in [-0.15, -0.1) is 22.7 Å². The summed E-state index contributed by atoms with van der Waals surface area (Å²) < 4.78 is 5.01. The minimum Gasteiger partial charge on any atom is -0.208 e. The summed E-state index contributed by atoms with van der Waals surface area (Å²) in [5.41, 5.74) is 7.59. The molecule has 0 unspecified atom stereocenters. The largest absolute Gasteiger partial charge is 0.208 e. The van der Waals surface area contributed by atoms with Crippen molar-refractivity contribution in [3.05, 3.63) is 188 Å². The predicted molar refractivity (Wildman–Crippen MR) is 248 cm³/mol. The lowest BCUT2D eigenvalue weighted by Crippen LogP contribution is -2.01. The van der Waals surface area contributed by atoms with E-state index in [9.17, 15) is 0 Å². The van der Waals surface area contributed by atoms with Crippen molar-refractivity contribution >= 4 is 84.6 Å². The molecule has 0 aliphatic carbocycles. The number of rotatable bonds is 5.